The molecule has 0 bridgehead atoms. The van der Waals surface area contributed by atoms with Crippen LogP contribution in [0.15, 0.2) is 24.3 Å². The first-order valence-corrected chi connectivity index (χ1v) is 11.6. The number of hydrogen-bond acceptors (Lipinski definition) is 6. The maximum absolute atomic E-state index is 12.3. The summed E-state index contributed by atoms with van der Waals surface area (Å²) in [5.41, 5.74) is 1.01. The molecule has 1 amide bonds. The smallest absolute Gasteiger partial charge is 0.249 e. The minimum absolute atomic E-state index is 0.111. The Morgan fingerprint density at radius 1 is 1.23 bits per heavy atom. The van der Waals surface area contributed by atoms with Crippen LogP contribution in [-0.4, -0.2) is 75.7 Å². The minimum Gasteiger partial charge on any atom is -0.492 e. The maximum Gasteiger partial charge on any atom is 0.249 e. The van der Waals surface area contributed by atoms with E-state index in [1.54, 1.807) is 6.92 Å². The van der Waals surface area contributed by atoms with Crippen molar-refractivity contribution in [1.29, 1.82) is 0 Å². The van der Waals surface area contributed by atoms with Crippen molar-refractivity contribution in [2.45, 2.75) is 63.8 Å². The van der Waals surface area contributed by atoms with Gasteiger partial charge in [-0.2, -0.15) is 0 Å². The van der Waals surface area contributed by atoms with Crippen LogP contribution in [0.4, 0.5) is 0 Å². The van der Waals surface area contributed by atoms with Gasteiger partial charge in [-0.15, -0.1) is 0 Å². The van der Waals surface area contributed by atoms with Gasteiger partial charge < -0.3 is 24.3 Å². The number of amides is 1. The second-order valence-electron chi connectivity index (χ2n) is 8.50. The Bertz CT molecular complexity index is 659. The van der Waals surface area contributed by atoms with Crippen LogP contribution in [0.2, 0.25) is 0 Å². The van der Waals surface area contributed by atoms with E-state index in [0.717, 1.165) is 63.4 Å². The summed E-state index contributed by atoms with van der Waals surface area (Å²) in [4.78, 5) is 14.7. The summed E-state index contributed by atoms with van der Waals surface area (Å²) in [6, 6.07) is 8.46. The minimum atomic E-state index is -0.495. The Kier molecular flexibility index (Phi) is 10.1. The number of likely N-dealkylation sites (N-methyl/N-ethyl adjacent to an activating group) is 1. The molecule has 2 fully saturated rings. The third-order valence-corrected chi connectivity index (χ3v) is 6.07. The lowest BCUT2D eigenvalue weighted by atomic mass is 10.1. The molecule has 1 aromatic carbocycles. The number of hydrogen-bond donors (Lipinski definition) is 1. The van der Waals surface area contributed by atoms with E-state index < -0.39 is 6.10 Å². The average molecular weight is 435 g/mol. The van der Waals surface area contributed by atoms with Gasteiger partial charge in [-0.1, -0.05) is 12.1 Å². The normalized spacial score (nSPS) is 21.1. The van der Waals surface area contributed by atoms with Crippen LogP contribution in [0.3, 0.4) is 0 Å². The van der Waals surface area contributed by atoms with Crippen LogP contribution in [0.25, 0.3) is 0 Å². The second-order valence-corrected chi connectivity index (χ2v) is 8.50. The standard InChI is InChI=1S/C24H38N2O5/c1-19(31-18-23-7-3-4-12-29-23)24(27)25-17-20-6-5-8-22(16-20)30-15-11-26(2)21-9-13-28-14-10-21/h5-6,8,16,19,21,23H,3-4,7,9-15,17-18H2,1-2H3,(H,25,27). The van der Waals surface area contributed by atoms with E-state index >= 15 is 0 Å². The highest BCUT2D eigenvalue weighted by molar-refractivity contribution is 5.80. The number of benzene rings is 1. The summed E-state index contributed by atoms with van der Waals surface area (Å²) in [7, 11) is 2.15. The molecule has 1 N–H and O–H groups in total. The van der Waals surface area contributed by atoms with E-state index in [0.29, 0.717) is 25.8 Å². The third-order valence-electron chi connectivity index (χ3n) is 6.07. The molecule has 2 heterocycles. The molecule has 0 aromatic heterocycles. The largest absolute Gasteiger partial charge is 0.492 e. The summed E-state index contributed by atoms with van der Waals surface area (Å²) in [6.45, 7) is 6.71. The predicted octanol–water partition coefficient (Wildman–Crippen LogP) is 2.77. The maximum atomic E-state index is 12.3. The summed E-state index contributed by atoms with van der Waals surface area (Å²) >= 11 is 0. The Labute approximate surface area is 186 Å². The highest BCUT2D eigenvalue weighted by Crippen LogP contribution is 2.16. The number of ether oxygens (including phenoxy) is 4. The first kappa shape index (κ1) is 24.0. The molecular weight excluding hydrogens is 396 g/mol. The SMILES string of the molecule is CC(OCC1CCCCO1)C(=O)NCc1cccc(OCCN(C)C2CCOCC2)c1. The number of carbonyl (C=O) groups is 1. The lowest BCUT2D eigenvalue weighted by molar-refractivity contribution is -0.135. The molecule has 31 heavy (non-hydrogen) atoms. The summed E-state index contributed by atoms with van der Waals surface area (Å²) < 4.78 is 22.7. The Morgan fingerprint density at radius 3 is 2.84 bits per heavy atom. The quantitative estimate of drug-likeness (QED) is 0.578. The summed E-state index contributed by atoms with van der Waals surface area (Å²) in [6.07, 6.45) is 5.07. The van der Waals surface area contributed by atoms with Crippen molar-refractivity contribution >= 4 is 5.91 Å². The van der Waals surface area contributed by atoms with Gasteiger partial charge in [-0.3, -0.25) is 9.69 Å². The summed E-state index contributed by atoms with van der Waals surface area (Å²) in [5.74, 6) is 0.714. The van der Waals surface area contributed by atoms with Gasteiger partial charge in [0.2, 0.25) is 5.91 Å². The molecule has 2 atom stereocenters. The summed E-state index contributed by atoms with van der Waals surface area (Å²) in [5, 5.41) is 2.95. The van der Waals surface area contributed by atoms with E-state index in [4.69, 9.17) is 18.9 Å². The van der Waals surface area contributed by atoms with Crippen molar-refractivity contribution in [3.05, 3.63) is 29.8 Å². The molecule has 2 unspecified atom stereocenters. The zero-order chi connectivity index (χ0) is 21.9. The van der Waals surface area contributed by atoms with Crippen LogP contribution < -0.4 is 10.1 Å². The molecule has 7 heteroatoms. The van der Waals surface area contributed by atoms with Gasteiger partial charge in [0.25, 0.3) is 0 Å². The van der Waals surface area contributed by atoms with E-state index in [9.17, 15) is 4.79 Å². The molecule has 3 rings (SSSR count). The fourth-order valence-electron chi connectivity index (χ4n) is 3.96. The van der Waals surface area contributed by atoms with Crippen molar-refractivity contribution in [1.82, 2.24) is 10.2 Å². The van der Waals surface area contributed by atoms with Crippen molar-refractivity contribution in [3.8, 4) is 5.75 Å². The van der Waals surface area contributed by atoms with E-state index in [1.165, 1.54) is 6.42 Å². The van der Waals surface area contributed by atoms with Gasteiger partial charge in [0, 0.05) is 39.0 Å². The van der Waals surface area contributed by atoms with Gasteiger partial charge in [0.05, 0.1) is 12.7 Å². The van der Waals surface area contributed by atoms with Crippen LogP contribution in [0.5, 0.6) is 5.75 Å². The first-order chi connectivity index (χ1) is 15.1. The average Bonchev–Trinajstić information content (AvgIpc) is 2.82. The Morgan fingerprint density at radius 2 is 2.06 bits per heavy atom. The highest BCUT2D eigenvalue weighted by atomic mass is 16.5. The molecule has 2 saturated heterocycles. The van der Waals surface area contributed by atoms with Crippen LogP contribution in [0.1, 0.15) is 44.6 Å². The van der Waals surface area contributed by atoms with E-state index in [1.807, 2.05) is 24.3 Å². The number of nitrogens with zero attached hydrogens (tertiary/aromatic N) is 1. The van der Waals surface area contributed by atoms with Crippen LogP contribution in [-0.2, 0) is 25.5 Å². The monoisotopic (exact) mass is 434 g/mol. The third kappa shape index (κ3) is 8.41. The molecule has 174 valence electrons. The fourth-order valence-corrected chi connectivity index (χ4v) is 3.96. The number of nitrogens with one attached hydrogen (secondary N) is 1. The van der Waals surface area contributed by atoms with Crippen LogP contribution >= 0.6 is 0 Å². The van der Waals surface area contributed by atoms with Gasteiger partial charge in [-0.05, 0) is 63.8 Å². The molecule has 7 nitrogen and oxygen atoms in total. The van der Waals surface area contributed by atoms with Crippen molar-refractivity contribution < 1.29 is 23.7 Å². The molecule has 0 radical (unpaired) electrons. The Hall–Kier alpha value is -1.67. The molecule has 2 aliphatic heterocycles. The fraction of sp³-hybridized carbons (Fsp3) is 0.708. The van der Waals surface area contributed by atoms with Crippen molar-refractivity contribution in [2.24, 2.45) is 0 Å². The molecule has 2 aliphatic rings. The van der Waals surface area contributed by atoms with E-state index in [2.05, 4.69) is 17.3 Å². The zero-order valence-electron chi connectivity index (χ0n) is 19.0. The predicted molar refractivity (Wildman–Crippen MR) is 119 cm³/mol. The van der Waals surface area contributed by atoms with Gasteiger partial charge >= 0.3 is 0 Å². The van der Waals surface area contributed by atoms with Gasteiger partial charge in [-0.25, -0.2) is 0 Å². The molecule has 0 spiro atoms. The second kappa shape index (κ2) is 13.0. The molecule has 0 saturated carbocycles. The topological polar surface area (TPSA) is 69.3 Å². The molecule has 0 aliphatic carbocycles. The number of carbonyl (C=O) groups excluding carboxylic acids is 1. The van der Waals surface area contributed by atoms with Gasteiger partial charge in [0.1, 0.15) is 18.5 Å². The first-order valence-electron chi connectivity index (χ1n) is 11.6. The van der Waals surface area contributed by atoms with Gasteiger partial charge in [0.15, 0.2) is 0 Å². The van der Waals surface area contributed by atoms with Crippen LogP contribution in [0, 0.1) is 0 Å². The van der Waals surface area contributed by atoms with E-state index in [-0.39, 0.29) is 12.0 Å². The van der Waals surface area contributed by atoms with Crippen molar-refractivity contribution in [2.75, 3.05) is 46.6 Å². The van der Waals surface area contributed by atoms with Crippen molar-refractivity contribution in [3.63, 3.8) is 0 Å². The number of rotatable bonds is 11. The highest BCUT2D eigenvalue weighted by Gasteiger charge is 2.19. The molecular formula is C24H38N2O5. The Balaban J connectivity index is 1.34. The zero-order valence-corrected chi connectivity index (χ0v) is 19.0. The molecule has 1 aromatic rings. The lowest BCUT2D eigenvalue weighted by Gasteiger charge is -2.31. The lowest BCUT2D eigenvalue weighted by Crippen LogP contribution is -2.38.